The van der Waals surface area contributed by atoms with Crippen LogP contribution in [-0.2, 0) is 21.4 Å². The molecule has 0 atom stereocenters. The Morgan fingerprint density at radius 3 is 2.26 bits per heavy atom. The predicted octanol–water partition coefficient (Wildman–Crippen LogP) is 2.68. The zero-order valence-electron chi connectivity index (χ0n) is 12.5. The average Bonchev–Trinajstić information content (AvgIpc) is 2.54. The summed E-state index contributed by atoms with van der Waals surface area (Å²) in [6.45, 7) is 0.290. The fourth-order valence-electron chi connectivity index (χ4n) is 1.96. The van der Waals surface area contributed by atoms with Crippen LogP contribution in [0.25, 0.3) is 0 Å². The van der Waals surface area contributed by atoms with E-state index in [1.54, 1.807) is 12.1 Å². The highest BCUT2D eigenvalue weighted by Crippen LogP contribution is 2.22. The van der Waals surface area contributed by atoms with Crippen LogP contribution in [-0.4, -0.2) is 36.6 Å². The maximum atomic E-state index is 12.5. The van der Waals surface area contributed by atoms with Gasteiger partial charge in [0.1, 0.15) is 0 Å². The summed E-state index contributed by atoms with van der Waals surface area (Å²) in [6.07, 6.45) is 0. The lowest BCUT2D eigenvalue weighted by Crippen LogP contribution is -2.26. The third-order valence-electron chi connectivity index (χ3n) is 3.14. The van der Waals surface area contributed by atoms with Crippen LogP contribution in [0.4, 0.5) is 0 Å². The number of sulfonamides is 1. The fraction of sp³-hybridized carbons (Fsp3) is 0.188. The van der Waals surface area contributed by atoms with Crippen molar-refractivity contribution in [3.63, 3.8) is 0 Å². The molecule has 23 heavy (non-hydrogen) atoms. The number of carbonyl (C=O) groups is 1. The number of benzene rings is 2. The molecule has 0 aromatic heterocycles. The van der Waals surface area contributed by atoms with Crippen LogP contribution in [0, 0.1) is 0 Å². The minimum atomic E-state index is -3.58. The average molecular weight is 351 g/mol. The molecule has 5 nitrogen and oxygen atoms in total. The zero-order valence-corrected chi connectivity index (χ0v) is 14.2. The summed E-state index contributed by atoms with van der Waals surface area (Å²) in [4.78, 5) is 11.4. The molecule has 0 aliphatic heterocycles. The van der Waals surface area contributed by atoms with Gasteiger partial charge in [0, 0.05) is 18.5 Å². The molecule has 0 amide bonds. The molecular weight excluding hydrogens is 334 g/mol. The standard InChI is InChI=1S/C16H17NO4S2/c1-17(11-13-5-3-2-4-6-13)23(20,21)15-9-7-14(8-10-15)22-12-16(18)19/h2-10H,11-12H2,1H3,(H,18,19). The largest absolute Gasteiger partial charge is 0.481 e. The fourth-order valence-corrected chi connectivity index (χ4v) is 3.74. The van der Waals surface area contributed by atoms with Gasteiger partial charge in [0.05, 0.1) is 10.6 Å². The van der Waals surface area contributed by atoms with Crippen LogP contribution in [0.5, 0.6) is 0 Å². The Balaban J connectivity index is 2.10. The van der Waals surface area contributed by atoms with E-state index in [0.29, 0.717) is 6.54 Å². The highest BCUT2D eigenvalue weighted by molar-refractivity contribution is 8.00. The summed E-state index contributed by atoms with van der Waals surface area (Å²) in [7, 11) is -2.04. The van der Waals surface area contributed by atoms with Gasteiger partial charge in [-0.2, -0.15) is 4.31 Å². The lowest BCUT2D eigenvalue weighted by atomic mass is 10.2. The van der Waals surface area contributed by atoms with Crippen molar-refractivity contribution in [3.8, 4) is 0 Å². The summed E-state index contributed by atoms with van der Waals surface area (Å²) >= 11 is 1.15. The van der Waals surface area contributed by atoms with Crippen molar-refractivity contribution in [2.24, 2.45) is 0 Å². The van der Waals surface area contributed by atoms with Crippen molar-refractivity contribution < 1.29 is 18.3 Å². The molecule has 122 valence electrons. The first-order valence-corrected chi connectivity index (χ1v) is 9.27. The van der Waals surface area contributed by atoms with Crippen molar-refractivity contribution in [2.45, 2.75) is 16.3 Å². The van der Waals surface area contributed by atoms with Gasteiger partial charge in [-0.15, -0.1) is 11.8 Å². The second-order valence-electron chi connectivity index (χ2n) is 4.90. The summed E-state index contributed by atoms with van der Waals surface area (Å²) in [5, 5.41) is 8.65. The molecule has 0 radical (unpaired) electrons. The van der Waals surface area contributed by atoms with E-state index in [0.717, 1.165) is 22.2 Å². The summed E-state index contributed by atoms with van der Waals surface area (Å²) < 4.78 is 26.4. The van der Waals surface area contributed by atoms with Gasteiger partial charge in [0.25, 0.3) is 0 Å². The van der Waals surface area contributed by atoms with Crippen molar-refractivity contribution >= 4 is 27.8 Å². The second-order valence-corrected chi connectivity index (χ2v) is 7.99. The van der Waals surface area contributed by atoms with Crippen LogP contribution >= 0.6 is 11.8 Å². The van der Waals surface area contributed by atoms with E-state index in [1.165, 1.54) is 23.5 Å². The Hall–Kier alpha value is -1.83. The van der Waals surface area contributed by atoms with Gasteiger partial charge in [0.2, 0.25) is 10.0 Å². The smallest absolute Gasteiger partial charge is 0.313 e. The lowest BCUT2D eigenvalue weighted by molar-refractivity contribution is -0.133. The van der Waals surface area contributed by atoms with Crippen LogP contribution < -0.4 is 0 Å². The Bertz CT molecular complexity index is 758. The monoisotopic (exact) mass is 351 g/mol. The third-order valence-corrected chi connectivity index (χ3v) is 5.96. The molecule has 0 heterocycles. The maximum absolute atomic E-state index is 12.5. The molecule has 0 fully saturated rings. The Kier molecular flexibility index (Phi) is 5.81. The van der Waals surface area contributed by atoms with Crippen LogP contribution in [0.1, 0.15) is 5.56 Å². The van der Waals surface area contributed by atoms with Crippen molar-refractivity contribution in [2.75, 3.05) is 12.8 Å². The molecule has 0 unspecified atom stereocenters. The van der Waals surface area contributed by atoms with Gasteiger partial charge in [0.15, 0.2) is 0 Å². The van der Waals surface area contributed by atoms with Gasteiger partial charge in [-0.3, -0.25) is 4.79 Å². The number of aliphatic carboxylic acids is 1. The van der Waals surface area contributed by atoms with Crippen LogP contribution in [0.3, 0.4) is 0 Å². The van der Waals surface area contributed by atoms with E-state index in [-0.39, 0.29) is 10.6 Å². The van der Waals surface area contributed by atoms with E-state index in [4.69, 9.17) is 5.11 Å². The molecule has 0 saturated carbocycles. The molecule has 2 aromatic carbocycles. The first kappa shape index (κ1) is 17.5. The van der Waals surface area contributed by atoms with E-state index in [1.807, 2.05) is 30.3 Å². The van der Waals surface area contributed by atoms with Gasteiger partial charge >= 0.3 is 5.97 Å². The Morgan fingerprint density at radius 1 is 1.09 bits per heavy atom. The van der Waals surface area contributed by atoms with Gasteiger partial charge < -0.3 is 5.11 Å². The molecular formula is C16H17NO4S2. The lowest BCUT2D eigenvalue weighted by Gasteiger charge is -2.17. The number of rotatable bonds is 7. The van der Waals surface area contributed by atoms with Crippen molar-refractivity contribution in [1.82, 2.24) is 4.31 Å². The number of hydrogen-bond donors (Lipinski definition) is 1. The minimum absolute atomic E-state index is 0.0555. The molecule has 1 N–H and O–H groups in total. The van der Waals surface area contributed by atoms with Gasteiger partial charge in [-0.05, 0) is 29.8 Å². The highest BCUT2D eigenvalue weighted by atomic mass is 32.2. The number of hydrogen-bond acceptors (Lipinski definition) is 4. The molecule has 2 aromatic rings. The Morgan fingerprint density at radius 2 is 1.70 bits per heavy atom. The predicted molar refractivity (Wildman–Crippen MR) is 89.9 cm³/mol. The Labute approximate surface area is 140 Å². The van der Waals surface area contributed by atoms with Crippen LogP contribution in [0.15, 0.2) is 64.4 Å². The molecule has 0 aliphatic rings. The summed E-state index contributed by atoms with van der Waals surface area (Å²) in [5.74, 6) is -0.964. The molecule has 0 bridgehead atoms. The molecule has 2 rings (SSSR count). The molecule has 7 heteroatoms. The highest BCUT2D eigenvalue weighted by Gasteiger charge is 2.20. The van der Waals surface area contributed by atoms with Gasteiger partial charge in [-0.1, -0.05) is 30.3 Å². The van der Waals surface area contributed by atoms with E-state index in [9.17, 15) is 13.2 Å². The normalized spacial score (nSPS) is 11.6. The topological polar surface area (TPSA) is 74.7 Å². The SMILES string of the molecule is CN(Cc1ccccc1)S(=O)(=O)c1ccc(SCC(=O)O)cc1. The first-order valence-electron chi connectivity index (χ1n) is 6.84. The summed E-state index contributed by atoms with van der Waals surface area (Å²) in [5.41, 5.74) is 0.909. The quantitative estimate of drug-likeness (QED) is 0.776. The van der Waals surface area contributed by atoms with E-state index >= 15 is 0 Å². The molecule has 0 aliphatic carbocycles. The molecule has 0 spiro atoms. The van der Waals surface area contributed by atoms with Crippen LogP contribution in [0.2, 0.25) is 0 Å². The zero-order chi connectivity index (χ0) is 16.9. The van der Waals surface area contributed by atoms with Crippen molar-refractivity contribution in [3.05, 3.63) is 60.2 Å². The van der Waals surface area contributed by atoms with Crippen molar-refractivity contribution in [1.29, 1.82) is 0 Å². The van der Waals surface area contributed by atoms with E-state index < -0.39 is 16.0 Å². The first-order chi connectivity index (χ1) is 10.9. The summed E-state index contributed by atoms with van der Waals surface area (Å²) in [6, 6.07) is 15.6. The number of carboxylic acid groups (broad SMARTS) is 1. The minimum Gasteiger partial charge on any atom is -0.481 e. The number of nitrogens with zero attached hydrogens (tertiary/aromatic N) is 1. The van der Waals surface area contributed by atoms with E-state index in [2.05, 4.69) is 0 Å². The second kappa shape index (κ2) is 7.63. The third kappa shape index (κ3) is 4.82. The molecule has 0 saturated heterocycles. The van der Waals surface area contributed by atoms with Gasteiger partial charge in [-0.25, -0.2) is 8.42 Å². The maximum Gasteiger partial charge on any atom is 0.313 e. The number of thioether (sulfide) groups is 1. The number of carboxylic acids is 1.